The number of carbonyl (C=O) groups is 1. The van der Waals surface area contributed by atoms with Crippen molar-refractivity contribution >= 4 is 16.7 Å². The van der Waals surface area contributed by atoms with E-state index in [9.17, 15) is 13.6 Å². The minimum atomic E-state index is -2.55. The Labute approximate surface area is 243 Å². The number of benzene rings is 1. The molecule has 2 aromatic heterocycles. The molecule has 2 aliphatic rings. The van der Waals surface area contributed by atoms with Gasteiger partial charge in [-0.15, -0.1) is 0 Å². The van der Waals surface area contributed by atoms with Gasteiger partial charge in [0.25, 0.3) is 5.92 Å². The summed E-state index contributed by atoms with van der Waals surface area (Å²) in [6.07, 6.45) is 11.9. The number of aromatic nitrogens is 3. The molecule has 3 aromatic rings. The summed E-state index contributed by atoms with van der Waals surface area (Å²) >= 11 is 0. The highest BCUT2D eigenvalue weighted by atomic mass is 19.3. The number of nitrogens with one attached hydrogen (secondary N) is 1. The van der Waals surface area contributed by atoms with Gasteiger partial charge < -0.3 is 0 Å². The second kappa shape index (κ2) is 12.3. The Hall–Kier alpha value is -2.67. The van der Waals surface area contributed by atoms with Crippen LogP contribution in [0.5, 0.6) is 0 Å². The second-order valence-electron chi connectivity index (χ2n) is 14.1. The largest absolute Gasteiger partial charge is 0.299 e. The molecule has 0 amide bonds. The van der Waals surface area contributed by atoms with E-state index in [1.54, 1.807) is 0 Å². The molecule has 3 heterocycles. The average Bonchev–Trinajstić information content (AvgIpc) is 3.23. The van der Waals surface area contributed by atoms with Gasteiger partial charge >= 0.3 is 0 Å². The number of piperidine rings is 1. The number of hydrogen-bond acceptors (Lipinski definition) is 4. The van der Waals surface area contributed by atoms with Gasteiger partial charge in [0.05, 0.1) is 5.52 Å². The highest BCUT2D eigenvalue weighted by Crippen LogP contribution is 2.38. The first kappa shape index (κ1) is 29.8. The van der Waals surface area contributed by atoms with Crippen molar-refractivity contribution in [2.45, 2.75) is 97.9 Å². The standard InChI is InChI=1S/C34H46F2N4O/c1-23(16-24-6-5-7-25(9-8-24)19-33(2,3)4)32(41)31-29-18-27(10-11-30(29)38-39-31)28-17-26(20-37-21-28)22-40-14-12-34(35,36)13-15-40/h10-11,17-18,20-21,23-25H,5-9,12-16,19,22H2,1-4H3,(H,38,39). The fraction of sp³-hybridized carbons (Fsp3) is 0.618. The van der Waals surface area contributed by atoms with E-state index < -0.39 is 5.92 Å². The summed E-state index contributed by atoms with van der Waals surface area (Å²) in [6, 6.07) is 8.09. The van der Waals surface area contributed by atoms with Crippen molar-refractivity contribution in [1.82, 2.24) is 20.1 Å². The number of aromatic amines is 1. The van der Waals surface area contributed by atoms with Crippen LogP contribution in [0.2, 0.25) is 0 Å². The molecule has 1 N–H and O–H groups in total. The maximum atomic E-state index is 13.6. The number of nitrogens with zero attached hydrogens (tertiary/aromatic N) is 3. The van der Waals surface area contributed by atoms with Crippen LogP contribution in [0.3, 0.4) is 0 Å². The van der Waals surface area contributed by atoms with Gasteiger partial charge in [-0.05, 0) is 59.4 Å². The molecule has 41 heavy (non-hydrogen) atoms. The number of ketones is 1. The highest BCUT2D eigenvalue weighted by molar-refractivity contribution is 6.07. The van der Waals surface area contributed by atoms with Gasteiger partial charge in [0, 0.05) is 61.7 Å². The Morgan fingerprint density at radius 2 is 1.78 bits per heavy atom. The minimum Gasteiger partial charge on any atom is -0.299 e. The Balaban J connectivity index is 1.26. The van der Waals surface area contributed by atoms with Gasteiger partial charge in [-0.2, -0.15) is 5.10 Å². The SMILES string of the molecule is CC(CC1CCCC(CC(C)(C)C)CC1)C(=O)c1n[nH]c2ccc(-c3cncc(CN4CCC(F)(F)CC4)c3)cc12. The van der Waals surface area contributed by atoms with E-state index in [2.05, 4.69) is 53.8 Å². The molecule has 3 atom stereocenters. The molecule has 1 aromatic carbocycles. The van der Waals surface area contributed by atoms with Crippen LogP contribution < -0.4 is 0 Å². The fourth-order valence-corrected chi connectivity index (χ4v) is 7.01. The normalized spacial score (nSPS) is 22.9. The molecule has 2 fully saturated rings. The van der Waals surface area contributed by atoms with E-state index in [-0.39, 0.29) is 24.5 Å². The Kier molecular flexibility index (Phi) is 8.93. The van der Waals surface area contributed by atoms with Crippen LogP contribution in [-0.2, 0) is 6.54 Å². The molecular formula is C34H46F2N4O. The first-order valence-corrected chi connectivity index (χ1v) is 15.5. The maximum absolute atomic E-state index is 13.6. The zero-order valence-electron chi connectivity index (χ0n) is 25.2. The Bertz CT molecular complexity index is 1330. The zero-order chi connectivity index (χ0) is 29.2. The topological polar surface area (TPSA) is 61.9 Å². The van der Waals surface area contributed by atoms with E-state index in [0.717, 1.165) is 39.9 Å². The zero-order valence-corrected chi connectivity index (χ0v) is 25.2. The molecule has 5 nitrogen and oxygen atoms in total. The molecule has 1 aliphatic heterocycles. The molecule has 7 heteroatoms. The van der Waals surface area contributed by atoms with E-state index >= 15 is 0 Å². The highest BCUT2D eigenvalue weighted by Gasteiger charge is 2.34. The Morgan fingerprint density at radius 1 is 1.05 bits per heavy atom. The van der Waals surface area contributed by atoms with Crippen molar-refractivity contribution in [3.05, 3.63) is 47.9 Å². The molecule has 1 aliphatic carbocycles. The van der Waals surface area contributed by atoms with Gasteiger partial charge in [-0.1, -0.05) is 65.9 Å². The van der Waals surface area contributed by atoms with Crippen molar-refractivity contribution in [1.29, 1.82) is 0 Å². The third-order valence-electron chi connectivity index (χ3n) is 9.16. The van der Waals surface area contributed by atoms with Gasteiger partial charge in [0.15, 0.2) is 5.78 Å². The quantitative estimate of drug-likeness (QED) is 0.220. The summed E-state index contributed by atoms with van der Waals surface area (Å²) in [6.45, 7) is 10.5. The molecule has 5 rings (SSSR count). The predicted octanol–water partition coefficient (Wildman–Crippen LogP) is 8.70. The molecule has 3 unspecified atom stereocenters. The second-order valence-corrected chi connectivity index (χ2v) is 14.1. The lowest BCUT2D eigenvalue weighted by molar-refractivity contribution is -0.0566. The van der Waals surface area contributed by atoms with Crippen LogP contribution in [0.25, 0.3) is 22.0 Å². The Morgan fingerprint density at radius 3 is 2.54 bits per heavy atom. The summed E-state index contributed by atoms with van der Waals surface area (Å²) in [5, 5.41) is 8.37. The fourth-order valence-electron chi connectivity index (χ4n) is 7.01. The smallest absolute Gasteiger partial charge is 0.250 e. The lowest BCUT2D eigenvalue weighted by Crippen LogP contribution is -2.38. The number of hydrogen-bond donors (Lipinski definition) is 1. The summed E-state index contributed by atoms with van der Waals surface area (Å²) in [7, 11) is 0. The van der Waals surface area contributed by atoms with Crippen LogP contribution in [0.1, 0.15) is 102 Å². The van der Waals surface area contributed by atoms with Gasteiger partial charge in [-0.25, -0.2) is 8.78 Å². The van der Waals surface area contributed by atoms with Crippen LogP contribution >= 0.6 is 0 Å². The average molecular weight is 565 g/mol. The summed E-state index contributed by atoms with van der Waals surface area (Å²) in [4.78, 5) is 20.2. The van der Waals surface area contributed by atoms with Gasteiger partial charge in [0.2, 0.25) is 0 Å². The van der Waals surface area contributed by atoms with Crippen molar-refractivity contribution in [2.24, 2.45) is 23.2 Å². The predicted molar refractivity (Wildman–Crippen MR) is 161 cm³/mol. The third kappa shape index (κ3) is 7.79. The molecular weight excluding hydrogens is 518 g/mol. The van der Waals surface area contributed by atoms with Crippen molar-refractivity contribution in [3.63, 3.8) is 0 Å². The van der Waals surface area contributed by atoms with Crippen molar-refractivity contribution < 1.29 is 13.6 Å². The molecule has 0 spiro atoms. The number of pyridine rings is 1. The number of H-pyrrole nitrogens is 1. The van der Waals surface area contributed by atoms with Crippen LogP contribution in [0, 0.1) is 23.2 Å². The number of alkyl halides is 2. The number of rotatable bonds is 8. The van der Waals surface area contributed by atoms with Gasteiger partial charge in [-0.3, -0.25) is 19.8 Å². The van der Waals surface area contributed by atoms with Crippen LogP contribution in [0.15, 0.2) is 36.7 Å². The van der Waals surface area contributed by atoms with E-state index in [1.165, 1.54) is 38.5 Å². The number of halogens is 2. The number of Topliss-reactive ketones (excluding diaryl/α,β-unsaturated/α-hetero) is 1. The van der Waals surface area contributed by atoms with Crippen LogP contribution in [0.4, 0.5) is 8.78 Å². The first-order chi connectivity index (χ1) is 19.5. The molecule has 1 saturated carbocycles. The van der Waals surface area contributed by atoms with E-state index in [4.69, 9.17) is 0 Å². The van der Waals surface area contributed by atoms with Crippen LogP contribution in [-0.4, -0.2) is 44.9 Å². The summed E-state index contributed by atoms with van der Waals surface area (Å²) in [5.41, 5.74) is 4.65. The van der Waals surface area contributed by atoms with Crippen molar-refractivity contribution in [2.75, 3.05) is 13.1 Å². The maximum Gasteiger partial charge on any atom is 0.250 e. The molecule has 0 bridgehead atoms. The number of fused-ring (bicyclic) bond motifs is 1. The third-order valence-corrected chi connectivity index (χ3v) is 9.16. The van der Waals surface area contributed by atoms with Crippen molar-refractivity contribution in [3.8, 4) is 11.1 Å². The molecule has 222 valence electrons. The number of carbonyl (C=O) groups excluding carboxylic acids is 1. The lowest BCUT2D eigenvalue weighted by Gasteiger charge is -2.31. The van der Waals surface area contributed by atoms with Gasteiger partial charge in [0.1, 0.15) is 5.69 Å². The monoisotopic (exact) mass is 564 g/mol. The summed E-state index contributed by atoms with van der Waals surface area (Å²) in [5.74, 6) is -1.11. The van der Waals surface area contributed by atoms with E-state index in [0.29, 0.717) is 36.7 Å². The minimum absolute atomic E-state index is 0.0729. The lowest BCUT2D eigenvalue weighted by atomic mass is 9.81. The molecule has 1 saturated heterocycles. The first-order valence-electron chi connectivity index (χ1n) is 15.5. The molecule has 0 radical (unpaired) electrons. The summed E-state index contributed by atoms with van der Waals surface area (Å²) < 4.78 is 27.1. The number of likely N-dealkylation sites (tertiary alicyclic amines) is 1. The van der Waals surface area contributed by atoms with E-state index in [1.807, 2.05) is 30.6 Å².